The van der Waals surface area contributed by atoms with E-state index in [9.17, 15) is 14.4 Å². The second-order valence-corrected chi connectivity index (χ2v) is 7.46. The first-order valence-corrected chi connectivity index (χ1v) is 9.50. The van der Waals surface area contributed by atoms with Crippen molar-refractivity contribution in [2.75, 3.05) is 10.2 Å². The molecule has 1 heterocycles. The first-order valence-electron chi connectivity index (χ1n) is 9.13. The zero-order chi connectivity index (χ0) is 21.3. The van der Waals surface area contributed by atoms with E-state index in [4.69, 9.17) is 16.3 Å². The van der Waals surface area contributed by atoms with E-state index in [0.29, 0.717) is 16.9 Å². The number of hydrogen-bond donors (Lipinski definition) is 1. The molecule has 0 fully saturated rings. The Balaban J connectivity index is 1.83. The number of nitrogens with one attached hydrogen (secondary N) is 1. The minimum atomic E-state index is -0.624. The predicted octanol–water partition coefficient (Wildman–Crippen LogP) is 4.30. The smallest absolute Gasteiger partial charge is 0.338 e. The molecule has 0 aliphatic carbocycles. The van der Waals surface area contributed by atoms with Gasteiger partial charge in [-0.15, -0.1) is 0 Å². The Bertz CT molecular complexity index is 1030. The van der Waals surface area contributed by atoms with Crippen LogP contribution in [0.15, 0.2) is 53.2 Å². The van der Waals surface area contributed by atoms with E-state index in [1.807, 2.05) is 32.0 Å². The quantitative estimate of drug-likeness (QED) is 0.585. The number of carbonyl (C=O) groups is 3. The van der Waals surface area contributed by atoms with Gasteiger partial charge in [0.05, 0.1) is 17.4 Å². The summed E-state index contributed by atoms with van der Waals surface area (Å²) in [4.78, 5) is 38.4. The second kappa shape index (κ2) is 8.09. The van der Waals surface area contributed by atoms with Gasteiger partial charge in [-0.05, 0) is 63.6 Å². The van der Waals surface area contributed by atoms with E-state index < -0.39 is 17.8 Å². The number of halogens is 1. The summed E-state index contributed by atoms with van der Waals surface area (Å²) in [7, 11) is 0. The van der Waals surface area contributed by atoms with Crippen molar-refractivity contribution in [1.82, 2.24) is 0 Å². The van der Waals surface area contributed by atoms with Crippen LogP contribution in [0.1, 0.15) is 35.3 Å². The molecule has 6 nitrogen and oxygen atoms in total. The van der Waals surface area contributed by atoms with Gasteiger partial charge in [0, 0.05) is 5.69 Å². The Morgan fingerprint density at radius 3 is 2.28 bits per heavy atom. The average Bonchev–Trinajstić information content (AvgIpc) is 2.86. The van der Waals surface area contributed by atoms with Crippen molar-refractivity contribution < 1.29 is 19.1 Å². The third kappa shape index (κ3) is 4.17. The van der Waals surface area contributed by atoms with Gasteiger partial charge < -0.3 is 10.1 Å². The molecule has 3 rings (SSSR count). The molecule has 0 bridgehead atoms. The molecule has 0 radical (unpaired) electrons. The fourth-order valence-electron chi connectivity index (χ4n) is 2.96. The molecule has 0 atom stereocenters. The Morgan fingerprint density at radius 2 is 1.69 bits per heavy atom. The molecule has 1 N–H and O–H groups in total. The topological polar surface area (TPSA) is 75.7 Å². The van der Waals surface area contributed by atoms with Crippen LogP contribution >= 0.6 is 11.6 Å². The molecule has 150 valence electrons. The SMILES string of the molecule is Cc1ccc(NC2=C(Cl)C(=O)N(c3ccc(C(=O)OC(C)C)cc3)C2=O)c(C)c1. The molecule has 7 heteroatoms. The van der Waals surface area contributed by atoms with E-state index in [1.54, 1.807) is 13.8 Å². The minimum Gasteiger partial charge on any atom is -0.459 e. The van der Waals surface area contributed by atoms with Gasteiger partial charge in [-0.3, -0.25) is 9.59 Å². The largest absolute Gasteiger partial charge is 0.459 e. The number of imide groups is 1. The summed E-state index contributed by atoms with van der Waals surface area (Å²) in [5, 5.41) is 2.80. The van der Waals surface area contributed by atoms with Gasteiger partial charge in [-0.2, -0.15) is 0 Å². The number of aryl methyl sites for hydroxylation is 2. The summed E-state index contributed by atoms with van der Waals surface area (Å²) in [5.41, 5.74) is 3.37. The number of anilines is 2. The maximum atomic E-state index is 12.9. The van der Waals surface area contributed by atoms with Crippen LogP contribution in [0, 0.1) is 13.8 Å². The van der Waals surface area contributed by atoms with Gasteiger partial charge in [0.1, 0.15) is 10.7 Å². The van der Waals surface area contributed by atoms with E-state index in [0.717, 1.165) is 16.0 Å². The molecule has 0 saturated heterocycles. The molecule has 0 unspecified atom stereocenters. The maximum Gasteiger partial charge on any atom is 0.338 e. The molecular formula is C22H21ClN2O4. The summed E-state index contributed by atoms with van der Waals surface area (Å²) < 4.78 is 5.14. The van der Waals surface area contributed by atoms with Crippen molar-refractivity contribution in [2.45, 2.75) is 33.8 Å². The highest BCUT2D eigenvalue weighted by Gasteiger charge is 2.39. The van der Waals surface area contributed by atoms with Crippen LogP contribution in [0.3, 0.4) is 0 Å². The number of nitrogens with zero attached hydrogens (tertiary/aromatic N) is 1. The van der Waals surface area contributed by atoms with E-state index in [1.165, 1.54) is 24.3 Å². The van der Waals surface area contributed by atoms with Crippen molar-refractivity contribution in [2.24, 2.45) is 0 Å². The van der Waals surface area contributed by atoms with Crippen LogP contribution in [-0.2, 0) is 14.3 Å². The van der Waals surface area contributed by atoms with Gasteiger partial charge in [0.2, 0.25) is 0 Å². The molecular weight excluding hydrogens is 392 g/mol. The van der Waals surface area contributed by atoms with E-state index in [-0.39, 0.29) is 16.8 Å². The standard InChI is InChI=1S/C22H21ClN2O4/c1-12(2)29-22(28)15-6-8-16(9-7-15)25-20(26)18(23)19(21(25)27)24-17-10-5-13(3)11-14(17)4/h5-12,24H,1-4H3. The minimum absolute atomic E-state index is 0.0203. The molecule has 29 heavy (non-hydrogen) atoms. The lowest BCUT2D eigenvalue weighted by Gasteiger charge is -2.16. The van der Waals surface area contributed by atoms with Crippen LogP contribution in [0.2, 0.25) is 0 Å². The normalized spacial score (nSPS) is 14.1. The van der Waals surface area contributed by atoms with Crippen LogP contribution in [0.4, 0.5) is 11.4 Å². The molecule has 2 aromatic rings. The summed E-state index contributed by atoms with van der Waals surface area (Å²) in [6, 6.07) is 11.7. The van der Waals surface area contributed by atoms with Crippen LogP contribution in [-0.4, -0.2) is 23.9 Å². The van der Waals surface area contributed by atoms with E-state index >= 15 is 0 Å². The fourth-order valence-corrected chi connectivity index (χ4v) is 3.18. The summed E-state index contributed by atoms with van der Waals surface area (Å²) >= 11 is 6.17. The lowest BCUT2D eigenvalue weighted by molar-refractivity contribution is -0.120. The average molecular weight is 413 g/mol. The van der Waals surface area contributed by atoms with E-state index in [2.05, 4.69) is 5.32 Å². The lowest BCUT2D eigenvalue weighted by atomic mass is 10.1. The van der Waals surface area contributed by atoms with Gasteiger partial charge >= 0.3 is 5.97 Å². The highest BCUT2D eigenvalue weighted by molar-refractivity contribution is 6.53. The van der Waals surface area contributed by atoms with Crippen LogP contribution in [0.5, 0.6) is 0 Å². The summed E-state index contributed by atoms with van der Waals surface area (Å²) in [5.74, 6) is -1.65. The van der Waals surface area contributed by atoms with Gasteiger partial charge in [0.25, 0.3) is 11.8 Å². The second-order valence-electron chi connectivity index (χ2n) is 7.08. The lowest BCUT2D eigenvalue weighted by Crippen LogP contribution is -2.32. The molecule has 1 aliphatic rings. The number of benzene rings is 2. The molecule has 0 spiro atoms. The van der Waals surface area contributed by atoms with Crippen LogP contribution < -0.4 is 10.2 Å². The molecule has 2 aromatic carbocycles. The Labute approximate surface area is 174 Å². The number of esters is 1. The van der Waals surface area contributed by atoms with Crippen molar-refractivity contribution in [3.8, 4) is 0 Å². The Kier molecular flexibility index (Phi) is 5.75. The highest BCUT2D eigenvalue weighted by atomic mass is 35.5. The number of rotatable bonds is 5. The predicted molar refractivity (Wildman–Crippen MR) is 112 cm³/mol. The number of hydrogen-bond acceptors (Lipinski definition) is 5. The summed E-state index contributed by atoms with van der Waals surface area (Å²) in [6.07, 6.45) is -0.245. The number of ether oxygens (including phenoxy) is 1. The van der Waals surface area contributed by atoms with Crippen LogP contribution in [0.25, 0.3) is 0 Å². The van der Waals surface area contributed by atoms with Crippen molar-refractivity contribution >= 4 is 40.8 Å². The Morgan fingerprint density at radius 1 is 1.03 bits per heavy atom. The monoisotopic (exact) mass is 412 g/mol. The summed E-state index contributed by atoms with van der Waals surface area (Å²) in [6.45, 7) is 7.38. The maximum absolute atomic E-state index is 12.9. The number of amides is 2. The van der Waals surface area contributed by atoms with Gasteiger partial charge in [0.15, 0.2) is 0 Å². The first-order chi connectivity index (χ1) is 13.7. The molecule has 2 amide bonds. The zero-order valence-corrected chi connectivity index (χ0v) is 17.3. The van der Waals surface area contributed by atoms with Crippen molar-refractivity contribution in [3.63, 3.8) is 0 Å². The van der Waals surface area contributed by atoms with Gasteiger partial charge in [-0.25, -0.2) is 9.69 Å². The molecule has 1 aliphatic heterocycles. The van der Waals surface area contributed by atoms with Crippen molar-refractivity contribution in [1.29, 1.82) is 0 Å². The molecule has 0 saturated carbocycles. The molecule has 0 aromatic heterocycles. The highest BCUT2D eigenvalue weighted by Crippen LogP contribution is 2.31. The third-order valence-corrected chi connectivity index (χ3v) is 4.72. The number of carbonyl (C=O) groups excluding carboxylic acids is 3. The van der Waals surface area contributed by atoms with Gasteiger partial charge in [-0.1, -0.05) is 29.3 Å². The zero-order valence-electron chi connectivity index (χ0n) is 16.6. The fraction of sp³-hybridized carbons (Fsp3) is 0.227. The van der Waals surface area contributed by atoms with Crippen molar-refractivity contribution in [3.05, 3.63) is 69.9 Å². The third-order valence-electron chi connectivity index (χ3n) is 4.37. The Hall–Kier alpha value is -3.12. The first kappa shape index (κ1) is 20.6.